The van der Waals surface area contributed by atoms with E-state index in [4.69, 9.17) is 10.5 Å². The van der Waals surface area contributed by atoms with Crippen molar-refractivity contribution in [3.63, 3.8) is 0 Å². The highest BCUT2D eigenvalue weighted by atomic mass is 79.9. The summed E-state index contributed by atoms with van der Waals surface area (Å²) >= 11 is 3.40. The Balaban J connectivity index is 2.47. The van der Waals surface area contributed by atoms with Crippen molar-refractivity contribution < 1.29 is 14.3 Å². The molecule has 116 valence electrons. The maximum atomic E-state index is 12.2. The van der Waals surface area contributed by atoms with Gasteiger partial charge in [0, 0.05) is 16.3 Å². The van der Waals surface area contributed by atoms with Gasteiger partial charge in [0.25, 0.3) is 0 Å². The lowest BCUT2D eigenvalue weighted by Crippen LogP contribution is -2.20. The molecule has 1 amide bonds. The molecule has 7 heteroatoms. The molecule has 0 aliphatic heterocycles. The topological polar surface area (TPSA) is 95.2 Å². The number of nitrogens with zero attached hydrogens (tertiary/aromatic N) is 2. The van der Waals surface area contributed by atoms with Gasteiger partial charge in [-0.15, -0.1) is 0 Å². The summed E-state index contributed by atoms with van der Waals surface area (Å²) in [5, 5.41) is 0.749. The summed E-state index contributed by atoms with van der Waals surface area (Å²) < 4.78 is 5.96. The van der Waals surface area contributed by atoms with Crippen molar-refractivity contribution in [3.8, 4) is 0 Å². The number of hydrogen-bond donors (Lipinski definition) is 1. The van der Waals surface area contributed by atoms with E-state index >= 15 is 0 Å². The molecular formula is C15H16BrN3O3. The highest BCUT2D eigenvalue weighted by Gasteiger charge is 2.26. The van der Waals surface area contributed by atoms with E-state index < -0.39 is 17.8 Å². The second-order valence-electron chi connectivity index (χ2n) is 4.73. The van der Waals surface area contributed by atoms with E-state index in [1.165, 1.54) is 6.33 Å². The summed E-state index contributed by atoms with van der Waals surface area (Å²) in [6.45, 7) is 2.00. The van der Waals surface area contributed by atoms with E-state index in [-0.39, 0.29) is 19.4 Å². The van der Waals surface area contributed by atoms with Crippen LogP contribution in [0.4, 0.5) is 0 Å². The minimum absolute atomic E-state index is 0.0863. The molecule has 22 heavy (non-hydrogen) atoms. The summed E-state index contributed by atoms with van der Waals surface area (Å²) in [7, 11) is 0. The van der Waals surface area contributed by atoms with Crippen LogP contribution in [0.3, 0.4) is 0 Å². The Labute approximate surface area is 136 Å². The molecule has 2 aromatic rings. The average molecular weight is 366 g/mol. The zero-order chi connectivity index (χ0) is 16.1. The summed E-state index contributed by atoms with van der Waals surface area (Å²) in [5.41, 5.74) is 6.47. The fraction of sp³-hybridized carbons (Fsp3) is 0.333. The van der Waals surface area contributed by atoms with Gasteiger partial charge in [0.2, 0.25) is 5.91 Å². The summed E-state index contributed by atoms with van der Waals surface area (Å²) in [5.74, 6) is -1.52. The Morgan fingerprint density at radius 1 is 1.36 bits per heavy atom. The molecule has 2 N–H and O–H groups in total. The predicted octanol–water partition coefficient (Wildman–Crippen LogP) is 2.30. The molecule has 6 nitrogen and oxygen atoms in total. The lowest BCUT2D eigenvalue weighted by atomic mass is 9.95. The number of fused-ring (bicyclic) bond motifs is 1. The van der Waals surface area contributed by atoms with Crippen LogP contribution in [0.5, 0.6) is 0 Å². The van der Waals surface area contributed by atoms with E-state index in [1.807, 2.05) is 18.2 Å². The van der Waals surface area contributed by atoms with Gasteiger partial charge in [0.05, 0.1) is 17.8 Å². The molecule has 0 saturated carbocycles. The number of carbonyl (C=O) groups is 2. The monoisotopic (exact) mass is 365 g/mol. The lowest BCUT2D eigenvalue weighted by molar-refractivity contribution is -0.145. The van der Waals surface area contributed by atoms with Crippen molar-refractivity contribution in [2.24, 2.45) is 5.73 Å². The fourth-order valence-electron chi connectivity index (χ4n) is 2.22. The minimum Gasteiger partial charge on any atom is -0.465 e. The maximum Gasteiger partial charge on any atom is 0.315 e. The van der Waals surface area contributed by atoms with Crippen LogP contribution in [0, 0.1) is 0 Å². The molecule has 0 radical (unpaired) electrons. The average Bonchev–Trinajstić information content (AvgIpc) is 2.47. The van der Waals surface area contributed by atoms with Crippen LogP contribution in [-0.4, -0.2) is 28.5 Å². The number of rotatable bonds is 6. The zero-order valence-corrected chi connectivity index (χ0v) is 13.7. The van der Waals surface area contributed by atoms with Crippen LogP contribution in [-0.2, 0) is 14.3 Å². The molecule has 1 atom stereocenters. The van der Waals surface area contributed by atoms with Gasteiger partial charge >= 0.3 is 5.97 Å². The van der Waals surface area contributed by atoms with Gasteiger partial charge in [-0.25, -0.2) is 9.97 Å². The van der Waals surface area contributed by atoms with Crippen molar-refractivity contribution in [1.82, 2.24) is 9.97 Å². The van der Waals surface area contributed by atoms with E-state index in [2.05, 4.69) is 25.9 Å². The molecular weight excluding hydrogens is 350 g/mol. The van der Waals surface area contributed by atoms with Crippen molar-refractivity contribution in [3.05, 3.63) is 34.7 Å². The number of benzene rings is 1. The van der Waals surface area contributed by atoms with Crippen LogP contribution in [0.1, 0.15) is 31.4 Å². The summed E-state index contributed by atoms with van der Waals surface area (Å²) in [4.78, 5) is 31.7. The third-order valence-electron chi connectivity index (χ3n) is 3.21. The van der Waals surface area contributed by atoms with E-state index in [0.29, 0.717) is 5.69 Å². The second-order valence-corrected chi connectivity index (χ2v) is 5.65. The highest BCUT2D eigenvalue weighted by molar-refractivity contribution is 9.10. The molecule has 0 spiro atoms. The molecule has 0 saturated heterocycles. The molecule has 2 rings (SSSR count). The van der Waals surface area contributed by atoms with Gasteiger partial charge in [-0.2, -0.15) is 0 Å². The van der Waals surface area contributed by atoms with Crippen molar-refractivity contribution >= 4 is 38.7 Å². The molecule has 1 heterocycles. The third kappa shape index (κ3) is 3.79. The Morgan fingerprint density at radius 2 is 2.14 bits per heavy atom. The van der Waals surface area contributed by atoms with Gasteiger partial charge < -0.3 is 10.5 Å². The molecule has 1 aromatic carbocycles. The SMILES string of the molecule is CCOC(=O)C(CCC(N)=O)c1ncnc2ccc(Br)cc12. The standard InChI is InChI=1S/C15H16BrN3O3/c1-2-22-15(21)10(4-6-13(17)20)14-11-7-9(16)3-5-12(11)18-8-19-14/h3,5,7-8,10H,2,4,6H2,1H3,(H2,17,20). The number of nitrogens with two attached hydrogens (primary N) is 1. The molecule has 0 aliphatic rings. The number of amides is 1. The quantitative estimate of drug-likeness (QED) is 0.792. The maximum absolute atomic E-state index is 12.2. The summed E-state index contributed by atoms with van der Waals surface area (Å²) in [6.07, 6.45) is 1.75. The predicted molar refractivity (Wildman–Crippen MR) is 85.0 cm³/mol. The Hall–Kier alpha value is -2.02. The first-order valence-corrected chi connectivity index (χ1v) is 7.67. The number of esters is 1. The summed E-state index contributed by atoms with van der Waals surface area (Å²) in [6, 6.07) is 5.55. The first-order valence-electron chi connectivity index (χ1n) is 6.88. The van der Waals surface area contributed by atoms with Crippen LogP contribution >= 0.6 is 15.9 Å². The van der Waals surface area contributed by atoms with Crippen LogP contribution in [0.25, 0.3) is 10.9 Å². The van der Waals surface area contributed by atoms with Crippen molar-refractivity contribution in [1.29, 1.82) is 0 Å². The van der Waals surface area contributed by atoms with Crippen LogP contribution in [0.15, 0.2) is 29.0 Å². The number of aromatic nitrogens is 2. The molecule has 1 aromatic heterocycles. The molecule has 0 aliphatic carbocycles. The van der Waals surface area contributed by atoms with Gasteiger partial charge in [-0.1, -0.05) is 15.9 Å². The Morgan fingerprint density at radius 3 is 2.82 bits per heavy atom. The van der Waals surface area contributed by atoms with Crippen LogP contribution in [0.2, 0.25) is 0 Å². The van der Waals surface area contributed by atoms with Gasteiger partial charge in [-0.05, 0) is 31.5 Å². The first kappa shape index (κ1) is 16.4. The number of carbonyl (C=O) groups excluding carboxylic acids is 2. The van der Waals surface area contributed by atoms with E-state index in [1.54, 1.807) is 6.92 Å². The Kier molecular flexibility index (Phi) is 5.43. The van der Waals surface area contributed by atoms with Gasteiger partial charge in [0.15, 0.2) is 0 Å². The minimum atomic E-state index is -0.646. The second kappa shape index (κ2) is 7.31. The Bertz CT molecular complexity index is 705. The number of halogens is 1. The van der Waals surface area contributed by atoms with E-state index in [0.717, 1.165) is 15.4 Å². The van der Waals surface area contributed by atoms with Crippen molar-refractivity contribution in [2.45, 2.75) is 25.7 Å². The van der Waals surface area contributed by atoms with Crippen LogP contribution < -0.4 is 5.73 Å². The van der Waals surface area contributed by atoms with E-state index in [9.17, 15) is 9.59 Å². The first-order chi connectivity index (χ1) is 10.5. The van der Waals surface area contributed by atoms with Gasteiger partial charge in [-0.3, -0.25) is 9.59 Å². The molecule has 0 fully saturated rings. The molecule has 1 unspecified atom stereocenters. The number of ether oxygens (including phenoxy) is 1. The third-order valence-corrected chi connectivity index (χ3v) is 3.70. The largest absolute Gasteiger partial charge is 0.465 e. The number of hydrogen-bond acceptors (Lipinski definition) is 5. The number of primary amides is 1. The molecule has 0 bridgehead atoms. The smallest absolute Gasteiger partial charge is 0.315 e. The normalized spacial score (nSPS) is 12.1. The zero-order valence-electron chi connectivity index (χ0n) is 12.1. The fourth-order valence-corrected chi connectivity index (χ4v) is 2.58. The van der Waals surface area contributed by atoms with Crippen molar-refractivity contribution in [2.75, 3.05) is 6.61 Å². The lowest BCUT2D eigenvalue weighted by Gasteiger charge is -2.16. The van der Waals surface area contributed by atoms with Gasteiger partial charge in [0.1, 0.15) is 12.2 Å². The highest BCUT2D eigenvalue weighted by Crippen LogP contribution is 2.29.